The number of carbonyl (C=O) groups is 1. The lowest BCUT2D eigenvalue weighted by atomic mass is 9.79. The van der Waals surface area contributed by atoms with Gasteiger partial charge in [0.2, 0.25) is 5.91 Å². The number of ether oxygens (including phenoxy) is 1. The van der Waals surface area contributed by atoms with Gasteiger partial charge in [-0.2, -0.15) is 0 Å². The van der Waals surface area contributed by atoms with Gasteiger partial charge in [0.05, 0.1) is 16.1 Å². The third-order valence-corrected chi connectivity index (χ3v) is 5.38. The molecule has 0 atom stereocenters. The predicted octanol–water partition coefficient (Wildman–Crippen LogP) is 1.62. The normalized spacial score (nSPS) is 16.7. The van der Waals surface area contributed by atoms with Crippen molar-refractivity contribution in [2.75, 3.05) is 26.3 Å². The highest BCUT2D eigenvalue weighted by Crippen LogP contribution is 2.29. The first kappa shape index (κ1) is 17.0. The number of hydrogen-bond acceptors (Lipinski definition) is 6. The maximum Gasteiger partial charge on any atom is 0.227 e. The van der Waals surface area contributed by atoms with E-state index in [1.54, 1.807) is 23.7 Å². The Hall–Kier alpha value is -1.83. The molecule has 2 aromatic heterocycles. The van der Waals surface area contributed by atoms with E-state index in [1.807, 2.05) is 17.5 Å². The number of nitrogens with zero attached hydrogens (tertiary/aromatic N) is 2. The van der Waals surface area contributed by atoms with Crippen LogP contribution in [0.2, 0.25) is 0 Å². The van der Waals surface area contributed by atoms with Gasteiger partial charge in [-0.25, -0.2) is 4.98 Å². The molecule has 1 amide bonds. The van der Waals surface area contributed by atoms with E-state index < -0.39 is 5.41 Å². The van der Waals surface area contributed by atoms with Gasteiger partial charge in [0.15, 0.2) is 0 Å². The summed E-state index contributed by atoms with van der Waals surface area (Å²) in [5.41, 5.74) is 7.40. The molecule has 0 bridgehead atoms. The second kappa shape index (κ2) is 7.83. The summed E-state index contributed by atoms with van der Waals surface area (Å²) in [5.74, 6) is 0.0409. The summed E-state index contributed by atoms with van der Waals surface area (Å²) in [6.45, 7) is 2.15. The molecule has 0 saturated carbocycles. The van der Waals surface area contributed by atoms with Crippen molar-refractivity contribution in [1.29, 1.82) is 0 Å². The van der Waals surface area contributed by atoms with Gasteiger partial charge < -0.3 is 15.8 Å². The summed E-state index contributed by atoms with van der Waals surface area (Å²) < 4.78 is 5.35. The minimum absolute atomic E-state index is 0.0409. The molecule has 0 spiro atoms. The molecule has 1 fully saturated rings. The number of nitrogens with one attached hydrogen (secondary N) is 1. The molecule has 2 aromatic rings. The molecule has 7 heteroatoms. The fourth-order valence-corrected chi connectivity index (χ4v) is 3.64. The van der Waals surface area contributed by atoms with Crippen LogP contribution in [0.5, 0.6) is 0 Å². The second-order valence-electron chi connectivity index (χ2n) is 5.97. The number of aromatic nitrogens is 2. The van der Waals surface area contributed by atoms with Crippen molar-refractivity contribution >= 4 is 17.2 Å². The van der Waals surface area contributed by atoms with Crippen LogP contribution >= 0.6 is 11.3 Å². The Kier molecular flexibility index (Phi) is 5.55. The molecule has 3 heterocycles. The van der Waals surface area contributed by atoms with E-state index in [9.17, 15) is 4.79 Å². The Balaban J connectivity index is 1.53. The third kappa shape index (κ3) is 3.80. The summed E-state index contributed by atoms with van der Waals surface area (Å²) in [5, 5.41) is 6.07. The van der Waals surface area contributed by atoms with Crippen molar-refractivity contribution in [2.24, 2.45) is 11.1 Å². The van der Waals surface area contributed by atoms with E-state index in [0.717, 1.165) is 22.7 Å². The van der Waals surface area contributed by atoms with Crippen LogP contribution in [-0.4, -0.2) is 42.2 Å². The van der Waals surface area contributed by atoms with Gasteiger partial charge in [0.25, 0.3) is 0 Å². The van der Waals surface area contributed by atoms with Crippen molar-refractivity contribution in [3.63, 3.8) is 0 Å². The Morgan fingerprint density at radius 3 is 2.79 bits per heavy atom. The van der Waals surface area contributed by atoms with Crippen LogP contribution in [0.3, 0.4) is 0 Å². The Morgan fingerprint density at radius 2 is 2.08 bits per heavy atom. The lowest BCUT2D eigenvalue weighted by Crippen LogP contribution is -2.49. The van der Waals surface area contributed by atoms with Crippen LogP contribution in [0.15, 0.2) is 29.9 Å². The van der Waals surface area contributed by atoms with E-state index in [4.69, 9.17) is 10.5 Å². The van der Waals surface area contributed by atoms with Gasteiger partial charge in [-0.15, -0.1) is 11.3 Å². The summed E-state index contributed by atoms with van der Waals surface area (Å²) in [6, 6.07) is 3.88. The smallest absolute Gasteiger partial charge is 0.227 e. The first-order valence-electron chi connectivity index (χ1n) is 8.14. The minimum Gasteiger partial charge on any atom is -0.381 e. The van der Waals surface area contributed by atoms with Crippen LogP contribution in [-0.2, 0) is 16.0 Å². The Morgan fingerprint density at radius 1 is 1.33 bits per heavy atom. The standard InChI is InChI=1S/C17H22N4O2S/c18-12-17(4-9-23-10-5-17)16(22)20-8-3-15-21-14(11-24-15)13-1-6-19-7-2-13/h1-2,6-7,11H,3-5,8-10,12,18H2,(H,20,22). The SMILES string of the molecule is NCC1(C(=O)NCCc2nc(-c3ccncc3)cs2)CCOCC1. The first-order chi connectivity index (χ1) is 11.7. The van der Waals surface area contributed by atoms with Gasteiger partial charge in [0.1, 0.15) is 0 Å². The highest BCUT2D eigenvalue weighted by atomic mass is 32.1. The monoisotopic (exact) mass is 346 g/mol. The van der Waals surface area contributed by atoms with Crippen LogP contribution in [0.1, 0.15) is 17.8 Å². The van der Waals surface area contributed by atoms with Gasteiger partial charge in [0, 0.05) is 56.1 Å². The molecule has 0 radical (unpaired) electrons. The number of rotatable bonds is 6. The summed E-state index contributed by atoms with van der Waals surface area (Å²) in [4.78, 5) is 21.1. The summed E-state index contributed by atoms with van der Waals surface area (Å²) in [6.07, 6.45) is 5.62. The number of pyridine rings is 1. The lowest BCUT2D eigenvalue weighted by molar-refractivity contribution is -0.135. The second-order valence-corrected chi connectivity index (χ2v) is 6.91. The third-order valence-electron chi connectivity index (χ3n) is 4.47. The molecule has 1 saturated heterocycles. The summed E-state index contributed by atoms with van der Waals surface area (Å²) in [7, 11) is 0. The van der Waals surface area contributed by atoms with Gasteiger partial charge in [-0.05, 0) is 25.0 Å². The van der Waals surface area contributed by atoms with Gasteiger partial charge in [-0.3, -0.25) is 9.78 Å². The van der Waals surface area contributed by atoms with E-state index in [2.05, 4.69) is 15.3 Å². The number of nitrogens with two attached hydrogens (primary N) is 1. The zero-order valence-electron chi connectivity index (χ0n) is 13.5. The molecule has 24 heavy (non-hydrogen) atoms. The molecule has 3 rings (SSSR count). The molecule has 128 valence electrons. The molecular weight excluding hydrogens is 324 g/mol. The topological polar surface area (TPSA) is 90.1 Å². The zero-order chi connectivity index (χ0) is 16.8. The van der Waals surface area contributed by atoms with Crippen molar-refractivity contribution in [2.45, 2.75) is 19.3 Å². The van der Waals surface area contributed by atoms with Crippen molar-refractivity contribution in [3.8, 4) is 11.3 Å². The quantitative estimate of drug-likeness (QED) is 0.829. The van der Waals surface area contributed by atoms with E-state index >= 15 is 0 Å². The molecule has 1 aliphatic rings. The molecule has 0 unspecified atom stereocenters. The van der Waals surface area contributed by atoms with Crippen molar-refractivity contribution in [3.05, 3.63) is 34.9 Å². The maximum atomic E-state index is 12.5. The number of carbonyl (C=O) groups excluding carboxylic acids is 1. The number of amides is 1. The Labute approximate surface area is 145 Å². The average Bonchev–Trinajstić information content (AvgIpc) is 3.12. The molecular formula is C17H22N4O2S. The predicted molar refractivity (Wildman–Crippen MR) is 93.6 cm³/mol. The van der Waals surface area contributed by atoms with Crippen molar-refractivity contribution < 1.29 is 9.53 Å². The Bertz CT molecular complexity index is 668. The van der Waals surface area contributed by atoms with E-state index in [1.165, 1.54) is 0 Å². The summed E-state index contributed by atoms with van der Waals surface area (Å²) >= 11 is 1.61. The van der Waals surface area contributed by atoms with E-state index in [-0.39, 0.29) is 5.91 Å². The average molecular weight is 346 g/mol. The lowest BCUT2D eigenvalue weighted by Gasteiger charge is -2.34. The van der Waals surface area contributed by atoms with Crippen LogP contribution in [0.25, 0.3) is 11.3 Å². The van der Waals surface area contributed by atoms with Crippen LogP contribution < -0.4 is 11.1 Å². The minimum atomic E-state index is -0.469. The number of hydrogen-bond donors (Lipinski definition) is 2. The van der Waals surface area contributed by atoms with Crippen molar-refractivity contribution in [1.82, 2.24) is 15.3 Å². The first-order valence-corrected chi connectivity index (χ1v) is 9.02. The fraction of sp³-hybridized carbons (Fsp3) is 0.471. The van der Waals surface area contributed by atoms with Gasteiger partial charge in [-0.1, -0.05) is 0 Å². The molecule has 0 aliphatic carbocycles. The molecule has 6 nitrogen and oxygen atoms in total. The molecule has 3 N–H and O–H groups in total. The van der Waals surface area contributed by atoms with E-state index in [0.29, 0.717) is 39.1 Å². The highest BCUT2D eigenvalue weighted by molar-refractivity contribution is 7.09. The number of thiazole rings is 1. The van der Waals surface area contributed by atoms with Crippen LogP contribution in [0, 0.1) is 5.41 Å². The maximum absolute atomic E-state index is 12.5. The van der Waals surface area contributed by atoms with Gasteiger partial charge >= 0.3 is 0 Å². The largest absolute Gasteiger partial charge is 0.381 e. The molecule has 0 aromatic carbocycles. The highest BCUT2D eigenvalue weighted by Gasteiger charge is 2.38. The molecule has 1 aliphatic heterocycles. The van der Waals surface area contributed by atoms with Crippen LogP contribution in [0.4, 0.5) is 0 Å². The zero-order valence-corrected chi connectivity index (χ0v) is 14.3. The fourth-order valence-electron chi connectivity index (χ4n) is 2.84.